The van der Waals surface area contributed by atoms with Crippen molar-refractivity contribution < 1.29 is 59.5 Å². The van der Waals surface area contributed by atoms with Crippen LogP contribution < -0.4 is 0 Å². The highest BCUT2D eigenvalue weighted by Crippen LogP contribution is 2.36. The molecular formula is C18H32O12. The molecule has 2 fully saturated rings. The Morgan fingerprint density at radius 3 is 2.27 bits per heavy atom. The van der Waals surface area contributed by atoms with Crippen molar-refractivity contribution in [3.05, 3.63) is 0 Å². The summed E-state index contributed by atoms with van der Waals surface area (Å²) in [6.45, 7) is -0.122. The fourth-order valence-corrected chi connectivity index (χ4v) is 3.39. The molecule has 0 aliphatic carbocycles. The van der Waals surface area contributed by atoms with Crippen molar-refractivity contribution in [2.24, 2.45) is 0 Å². The number of carbonyl (C=O) groups is 1. The number of unbranched alkanes of at least 4 members (excludes halogenated alkanes) is 2. The van der Waals surface area contributed by atoms with Gasteiger partial charge >= 0.3 is 5.97 Å². The van der Waals surface area contributed by atoms with Crippen LogP contribution in [0, 0.1) is 0 Å². The van der Waals surface area contributed by atoms with Gasteiger partial charge in [-0.25, -0.2) is 0 Å². The van der Waals surface area contributed by atoms with E-state index >= 15 is 0 Å². The van der Waals surface area contributed by atoms with Crippen LogP contribution in [0.15, 0.2) is 0 Å². The molecule has 0 amide bonds. The largest absolute Gasteiger partial charge is 0.463 e. The molecule has 0 bridgehead atoms. The number of hydrogen-bond acceptors (Lipinski definition) is 12. The van der Waals surface area contributed by atoms with E-state index in [4.69, 9.17) is 18.9 Å². The second-order valence-corrected chi connectivity index (χ2v) is 7.52. The Morgan fingerprint density at radius 2 is 1.67 bits per heavy atom. The van der Waals surface area contributed by atoms with Crippen LogP contribution in [0.5, 0.6) is 0 Å². The molecule has 2 aliphatic rings. The zero-order valence-electron chi connectivity index (χ0n) is 16.7. The van der Waals surface area contributed by atoms with Crippen LogP contribution in [-0.4, -0.2) is 116 Å². The predicted molar refractivity (Wildman–Crippen MR) is 96.7 cm³/mol. The van der Waals surface area contributed by atoms with Crippen LogP contribution >= 0.6 is 0 Å². The molecule has 0 aromatic rings. The summed E-state index contributed by atoms with van der Waals surface area (Å²) in [5.41, 5.74) is 0. The smallest absolute Gasteiger partial charge is 0.305 e. The van der Waals surface area contributed by atoms with E-state index in [1.54, 1.807) is 0 Å². The molecule has 0 aromatic carbocycles. The molecule has 0 unspecified atom stereocenters. The van der Waals surface area contributed by atoms with Gasteiger partial charge < -0.3 is 54.7 Å². The molecule has 0 saturated carbocycles. The summed E-state index contributed by atoms with van der Waals surface area (Å²) in [6.07, 6.45) is -10.2. The van der Waals surface area contributed by atoms with Gasteiger partial charge in [-0.05, 0) is 6.42 Å². The maximum Gasteiger partial charge on any atom is 0.305 e. The van der Waals surface area contributed by atoms with Gasteiger partial charge in [0, 0.05) is 6.42 Å². The van der Waals surface area contributed by atoms with Gasteiger partial charge in [0.25, 0.3) is 0 Å². The number of carbonyl (C=O) groups excluding carboxylic acids is 1. The number of ether oxygens (including phenoxy) is 4. The lowest BCUT2D eigenvalue weighted by Crippen LogP contribution is -2.62. The monoisotopic (exact) mass is 440 g/mol. The van der Waals surface area contributed by atoms with Gasteiger partial charge in [0.2, 0.25) is 5.79 Å². The quantitative estimate of drug-likeness (QED) is 0.132. The van der Waals surface area contributed by atoms with E-state index in [0.29, 0.717) is 6.42 Å². The first-order valence-corrected chi connectivity index (χ1v) is 9.99. The summed E-state index contributed by atoms with van der Waals surface area (Å²) in [5.74, 6) is -2.78. The SMILES string of the molecule is CCCCCC(=O)OC[C@H]1O[C@@](CO)(O[C@H]2O[C@H](CO)[C@@H](O)[C@H](O)[C@H]2O)[C@@H](O)[C@@H]1O. The molecule has 2 saturated heterocycles. The van der Waals surface area contributed by atoms with E-state index in [1.807, 2.05) is 6.92 Å². The third-order valence-electron chi connectivity index (χ3n) is 5.28. The van der Waals surface area contributed by atoms with Crippen LogP contribution in [0.25, 0.3) is 0 Å². The standard InChI is InChI=1S/C18H32O12/c1-2-3-4-5-11(21)27-7-10-13(23)16(26)18(8-20,29-10)30-17-15(25)14(24)12(22)9(6-19)28-17/h9-10,12-17,19-20,22-26H,2-8H2,1H3/t9-,10-,12-,13-,14+,15-,16+,17-,18+/m1/s1. The number of hydrogen-bond donors (Lipinski definition) is 7. The normalized spacial score (nSPS) is 41.7. The molecule has 12 heteroatoms. The highest BCUT2D eigenvalue weighted by molar-refractivity contribution is 5.69. The van der Waals surface area contributed by atoms with Crippen LogP contribution in [0.2, 0.25) is 0 Å². The van der Waals surface area contributed by atoms with Crippen LogP contribution in [0.4, 0.5) is 0 Å². The molecule has 0 aromatic heterocycles. The second kappa shape index (κ2) is 11.1. The van der Waals surface area contributed by atoms with E-state index in [2.05, 4.69) is 0 Å². The van der Waals surface area contributed by atoms with Gasteiger partial charge in [-0.2, -0.15) is 0 Å². The van der Waals surface area contributed by atoms with E-state index in [1.165, 1.54) is 0 Å². The van der Waals surface area contributed by atoms with Gasteiger partial charge in [0.1, 0.15) is 55.9 Å². The zero-order valence-corrected chi connectivity index (χ0v) is 16.7. The molecule has 12 nitrogen and oxygen atoms in total. The van der Waals surface area contributed by atoms with Crippen molar-refractivity contribution >= 4 is 5.97 Å². The van der Waals surface area contributed by atoms with Gasteiger partial charge in [0.05, 0.1) is 6.61 Å². The van der Waals surface area contributed by atoms with Crippen molar-refractivity contribution in [2.75, 3.05) is 19.8 Å². The van der Waals surface area contributed by atoms with Crippen molar-refractivity contribution in [3.63, 3.8) is 0 Å². The summed E-state index contributed by atoms with van der Waals surface area (Å²) in [5, 5.41) is 69.4. The topological polar surface area (TPSA) is 196 Å². The van der Waals surface area contributed by atoms with Crippen LogP contribution in [0.3, 0.4) is 0 Å². The summed E-state index contributed by atoms with van der Waals surface area (Å²) < 4.78 is 21.0. The summed E-state index contributed by atoms with van der Waals surface area (Å²) in [6, 6.07) is 0. The fraction of sp³-hybridized carbons (Fsp3) is 0.944. The van der Waals surface area contributed by atoms with Crippen molar-refractivity contribution in [1.29, 1.82) is 0 Å². The second-order valence-electron chi connectivity index (χ2n) is 7.52. The maximum absolute atomic E-state index is 11.8. The minimum Gasteiger partial charge on any atom is -0.463 e. The Hall–Kier alpha value is -0.930. The first-order chi connectivity index (χ1) is 14.2. The average Bonchev–Trinajstić information content (AvgIpc) is 2.98. The third kappa shape index (κ3) is 5.46. The van der Waals surface area contributed by atoms with E-state index in [0.717, 1.165) is 12.8 Å². The van der Waals surface area contributed by atoms with Crippen LogP contribution in [-0.2, 0) is 23.7 Å². The van der Waals surface area contributed by atoms with Gasteiger partial charge in [-0.15, -0.1) is 0 Å². The van der Waals surface area contributed by atoms with Crippen molar-refractivity contribution in [3.8, 4) is 0 Å². The molecule has 2 rings (SSSR count). The highest BCUT2D eigenvalue weighted by Gasteiger charge is 2.58. The Bertz CT molecular complexity index is 545. The molecule has 0 spiro atoms. The molecule has 30 heavy (non-hydrogen) atoms. The lowest BCUT2D eigenvalue weighted by molar-refractivity contribution is -0.383. The molecule has 9 atom stereocenters. The molecular weight excluding hydrogens is 408 g/mol. The fourth-order valence-electron chi connectivity index (χ4n) is 3.39. The first kappa shape index (κ1) is 25.3. The number of esters is 1. The van der Waals surface area contributed by atoms with E-state index in [-0.39, 0.29) is 6.42 Å². The Kier molecular flexibility index (Phi) is 9.36. The molecule has 0 radical (unpaired) electrons. The van der Waals surface area contributed by atoms with E-state index < -0.39 is 80.6 Å². The van der Waals surface area contributed by atoms with Crippen LogP contribution in [0.1, 0.15) is 32.6 Å². The Labute approximate surface area is 173 Å². The lowest BCUT2D eigenvalue weighted by Gasteiger charge is -2.43. The summed E-state index contributed by atoms with van der Waals surface area (Å²) >= 11 is 0. The number of aliphatic hydroxyl groups is 7. The maximum atomic E-state index is 11.8. The zero-order chi connectivity index (χ0) is 22.5. The van der Waals surface area contributed by atoms with Gasteiger partial charge in [-0.1, -0.05) is 19.8 Å². The number of rotatable bonds is 10. The Morgan fingerprint density at radius 1 is 0.967 bits per heavy atom. The summed E-state index contributed by atoms with van der Waals surface area (Å²) in [7, 11) is 0. The Balaban J connectivity index is 2.02. The average molecular weight is 440 g/mol. The van der Waals surface area contributed by atoms with Gasteiger partial charge in [-0.3, -0.25) is 4.79 Å². The van der Waals surface area contributed by atoms with Gasteiger partial charge in [0.15, 0.2) is 6.29 Å². The molecule has 2 heterocycles. The highest BCUT2D eigenvalue weighted by atomic mass is 16.8. The minimum atomic E-state index is -2.27. The third-order valence-corrected chi connectivity index (χ3v) is 5.28. The van der Waals surface area contributed by atoms with E-state index in [9.17, 15) is 40.5 Å². The summed E-state index contributed by atoms with van der Waals surface area (Å²) in [4.78, 5) is 11.8. The predicted octanol–water partition coefficient (Wildman–Crippen LogP) is -3.26. The van der Waals surface area contributed by atoms with Crippen molar-refractivity contribution in [2.45, 2.75) is 87.4 Å². The molecule has 2 aliphatic heterocycles. The first-order valence-electron chi connectivity index (χ1n) is 9.99. The van der Waals surface area contributed by atoms with Crippen molar-refractivity contribution in [1.82, 2.24) is 0 Å². The molecule has 176 valence electrons. The molecule has 7 N–H and O–H groups in total. The number of aliphatic hydroxyl groups excluding tert-OH is 7. The lowest BCUT2D eigenvalue weighted by atomic mass is 9.99. The minimum absolute atomic E-state index is 0.186.